The molecule has 0 bridgehead atoms. The molecule has 0 aliphatic carbocycles. The molecule has 2 saturated heterocycles. The van der Waals surface area contributed by atoms with Crippen molar-refractivity contribution >= 4 is 17.7 Å². The lowest BCUT2D eigenvalue weighted by atomic mass is 10.1. The van der Waals surface area contributed by atoms with Crippen molar-refractivity contribution in [3.8, 4) is 0 Å². The number of aryl methyl sites for hydroxylation is 1. The van der Waals surface area contributed by atoms with Crippen molar-refractivity contribution in [2.24, 2.45) is 0 Å². The molecule has 0 unspecified atom stereocenters. The van der Waals surface area contributed by atoms with E-state index in [1.807, 2.05) is 18.2 Å². The maximum absolute atomic E-state index is 12.5. The Balaban J connectivity index is 1.46. The summed E-state index contributed by atoms with van der Waals surface area (Å²) < 4.78 is 0. The first kappa shape index (κ1) is 16.8. The van der Waals surface area contributed by atoms with Crippen LogP contribution in [0.15, 0.2) is 30.3 Å². The van der Waals surface area contributed by atoms with E-state index < -0.39 is 0 Å². The molecule has 0 N–H and O–H groups in total. The maximum Gasteiger partial charge on any atom is 0.222 e. The molecule has 1 aromatic carbocycles. The summed E-state index contributed by atoms with van der Waals surface area (Å²) in [6, 6.07) is 11.1. The van der Waals surface area contributed by atoms with Crippen LogP contribution in [0.25, 0.3) is 0 Å². The van der Waals surface area contributed by atoms with E-state index in [9.17, 15) is 4.79 Å². The van der Waals surface area contributed by atoms with E-state index in [0.717, 1.165) is 45.1 Å². The Labute approximate surface area is 144 Å². The summed E-state index contributed by atoms with van der Waals surface area (Å²) in [5.74, 6) is 2.94. The highest BCUT2D eigenvalue weighted by atomic mass is 32.2. The molecule has 1 aromatic rings. The Bertz CT molecular complexity index is 487. The number of thioether (sulfide) groups is 1. The predicted octanol–water partition coefficient (Wildman–Crippen LogP) is 3.05. The van der Waals surface area contributed by atoms with Gasteiger partial charge in [-0.15, -0.1) is 0 Å². The summed E-state index contributed by atoms with van der Waals surface area (Å²) in [6.07, 6.45) is 5.28. The molecule has 0 radical (unpaired) electrons. The molecule has 0 saturated carbocycles. The third-order valence-electron chi connectivity index (χ3n) is 5.06. The minimum absolute atomic E-state index is 0.329. The van der Waals surface area contributed by atoms with Crippen LogP contribution in [0.1, 0.15) is 31.2 Å². The Kier molecular flexibility index (Phi) is 6.40. The van der Waals surface area contributed by atoms with Crippen molar-refractivity contribution in [1.29, 1.82) is 0 Å². The van der Waals surface area contributed by atoms with Crippen LogP contribution >= 0.6 is 11.8 Å². The smallest absolute Gasteiger partial charge is 0.222 e. The third kappa shape index (κ3) is 4.98. The van der Waals surface area contributed by atoms with Gasteiger partial charge < -0.3 is 4.90 Å². The van der Waals surface area contributed by atoms with Gasteiger partial charge in [0, 0.05) is 38.6 Å². The molecule has 126 valence electrons. The highest BCUT2D eigenvalue weighted by Gasteiger charge is 2.25. The van der Waals surface area contributed by atoms with E-state index in [1.165, 1.54) is 29.9 Å². The van der Waals surface area contributed by atoms with Gasteiger partial charge in [0.25, 0.3) is 0 Å². The minimum Gasteiger partial charge on any atom is -0.341 e. The van der Waals surface area contributed by atoms with Gasteiger partial charge in [0.1, 0.15) is 0 Å². The van der Waals surface area contributed by atoms with Gasteiger partial charge in [0.2, 0.25) is 5.91 Å². The molecule has 3 nitrogen and oxygen atoms in total. The average Bonchev–Trinajstić information content (AvgIpc) is 2.87. The standard InChI is InChI=1S/C19H28N2OS/c22-19(8-7-17-5-2-1-3-6-17)21-12-4-11-20(13-14-21)18-9-15-23-16-10-18/h1-3,5-6,18H,4,7-16H2. The van der Waals surface area contributed by atoms with Crippen molar-refractivity contribution in [2.45, 2.75) is 38.1 Å². The number of nitrogens with zero attached hydrogens (tertiary/aromatic N) is 2. The monoisotopic (exact) mass is 332 g/mol. The first-order valence-corrected chi connectivity index (χ1v) is 10.1. The van der Waals surface area contributed by atoms with Gasteiger partial charge in [-0.2, -0.15) is 11.8 Å². The molecule has 4 heteroatoms. The van der Waals surface area contributed by atoms with Crippen LogP contribution in [-0.2, 0) is 11.2 Å². The van der Waals surface area contributed by atoms with Gasteiger partial charge >= 0.3 is 0 Å². The van der Waals surface area contributed by atoms with Crippen LogP contribution in [0.5, 0.6) is 0 Å². The van der Waals surface area contributed by atoms with Gasteiger partial charge in [0.15, 0.2) is 0 Å². The highest BCUT2D eigenvalue weighted by Crippen LogP contribution is 2.22. The van der Waals surface area contributed by atoms with Gasteiger partial charge in [-0.3, -0.25) is 9.69 Å². The summed E-state index contributed by atoms with van der Waals surface area (Å²) in [5.41, 5.74) is 1.26. The zero-order valence-corrected chi connectivity index (χ0v) is 14.8. The normalized spacial score (nSPS) is 21.1. The second-order valence-corrected chi connectivity index (χ2v) is 7.82. The van der Waals surface area contributed by atoms with Crippen LogP contribution in [0.3, 0.4) is 0 Å². The number of hydrogen-bond donors (Lipinski definition) is 0. The largest absolute Gasteiger partial charge is 0.341 e. The van der Waals surface area contributed by atoms with Crippen LogP contribution in [0.2, 0.25) is 0 Å². The fourth-order valence-corrected chi connectivity index (χ4v) is 4.74. The number of carbonyl (C=O) groups excluding carboxylic acids is 1. The number of benzene rings is 1. The average molecular weight is 333 g/mol. The molecular weight excluding hydrogens is 304 g/mol. The molecule has 2 aliphatic rings. The topological polar surface area (TPSA) is 23.6 Å². The Morgan fingerprint density at radius 3 is 2.61 bits per heavy atom. The van der Waals surface area contributed by atoms with E-state index >= 15 is 0 Å². The summed E-state index contributed by atoms with van der Waals surface area (Å²) in [7, 11) is 0. The molecule has 2 fully saturated rings. The third-order valence-corrected chi connectivity index (χ3v) is 6.11. The Morgan fingerprint density at radius 1 is 1.04 bits per heavy atom. The molecule has 2 aliphatic heterocycles. The van der Waals surface area contributed by atoms with Crippen LogP contribution in [-0.4, -0.2) is 59.4 Å². The van der Waals surface area contributed by atoms with Crippen LogP contribution in [0, 0.1) is 0 Å². The first-order chi connectivity index (χ1) is 11.3. The molecule has 0 spiro atoms. The van der Waals surface area contributed by atoms with E-state index in [2.05, 4.69) is 33.7 Å². The zero-order valence-electron chi connectivity index (χ0n) is 14.0. The molecule has 0 atom stereocenters. The van der Waals surface area contributed by atoms with E-state index in [4.69, 9.17) is 0 Å². The van der Waals surface area contributed by atoms with Gasteiger partial charge in [0.05, 0.1) is 0 Å². The maximum atomic E-state index is 12.5. The lowest BCUT2D eigenvalue weighted by Crippen LogP contribution is -2.41. The van der Waals surface area contributed by atoms with Crippen molar-refractivity contribution in [1.82, 2.24) is 9.80 Å². The minimum atomic E-state index is 0.329. The van der Waals surface area contributed by atoms with Crippen molar-refractivity contribution in [3.63, 3.8) is 0 Å². The molecule has 0 aromatic heterocycles. The van der Waals surface area contributed by atoms with E-state index in [-0.39, 0.29) is 0 Å². The number of hydrogen-bond acceptors (Lipinski definition) is 3. The Hall–Kier alpha value is -1.00. The molecule has 2 heterocycles. The van der Waals surface area contributed by atoms with Crippen molar-refractivity contribution < 1.29 is 4.79 Å². The van der Waals surface area contributed by atoms with Gasteiger partial charge in [-0.1, -0.05) is 30.3 Å². The highest BCUT2D eigenvalue weighted by molar-refractivity contribution is 7.99. The zero-order chi connectivity index (χ0) is 15.9. The second kappa shape index (κ2) is 8.74. The second-order valence-electron chi connectivity index (χ2n) is 6.60. The van der Waals surface area contributed by atoms with Crippen LogP contribution < -0.4 is 0 Å². The quantitative estimate of drug-likeness (QED) is 0.847. The number of amides is 1. The molecule has 1 amide bonds. The lowest BCUT2D eigenvalue weighted by Gasteiger charge is -2.33. The van der Waals surface area contributed by atoms with Crippen molar-refractivity contribution in [3.05, 3.63) is 35.9 Å². The SMILES string of the molecule is O=C(CCc1ccccc1)N1CCCN(C2CCSCC2)CC1. The molecule has 3 rings (SSSR count). The van der Waals surface area contributed by atoms with Crippen LogP contribution in [0.4, 0.5) is 0 Å². The number of rotatable bonds is 4. The summed E-state index contributed by atoms with van der Waals surface area (Å²) >= 11 is 2.09. The lowest BCUT2D eigenvalue weighted by molar-refractivity contribution is -0.131. The Morgan fingerprint density at radius 2 is 1.83 bits per heavy atom. The summed E-state index contributed by atoms with van der Waals surface area (Å²) in [4.78, 5) is 17.3. The summed E-state index contributed by atoms with van der Waals surface area (Å²) in [5, 5.41) is 0. The first-order valence-electron chi connectivity index (χ1n) is 8.96. The molecule has 23 heavy (non-hydrogen) atoms. The summed E-state index contributed by atoms with van der Waals surface area (Å²) in [6.45, 7) is 4.08. The van der Waals surface area contributed by atoms with Gasteiger partial charge in [-0.25, -0.2) is 0 Å². The fraction of sp³-hybridized carbons (Fsp3) is 0.632. The molecular formula is C19H28N2OS. The van der Waals surface area contributed by atoms with E-state index in [0.29, 0.717) is 12.3 Å². The van der Waals surface area contributed by atoms with Crippen molar-refractivity contribution in [2.75, 3.05) is 37.7 Å². The van der Waals surface area contributed by atoms with E-state index in [1.54, 1.807) is 0 Å². The number of carbonyl (C=O) groups is 1. The van der Waals surface area contributed by atoms with Gasteiger partial charge in [-0.05, 0) is 42.8 Å². The predicted molar refractivity (Wildman–Crippen MR) is 97.9 cm³/mol. The fourth-order valence-electron chi connectivity index (χ4n) is 3.66.